The monoisotopic (exact) mass is 759 g/mol. The lowest BCUT2D eigenvalue weighted by Gasteiger charge is -2.15. The molecule has 12 aromatic rings. The summed E-state index contributed by atoms with van der Waals surface area (Å²) in [6, 6.07) is 25.5. The highest BCUT2D eigenvalue weighted by atomic mass is 32.1. The smallest absolute Gasteiger partial charge is 0.238 e. The van der Waals surface area contributed by atoms with Gasteiger partial charge < -0.3 is 4.57 Å². The molecule has 0 saturated carbocycles. The highest BCUT2D eigenvalue weighted by molar-refractivity contribution is 7.26. The summed E-state index contributed by atoms with van der Waals surface area (Å²) >= 11 is 1.03. The van der Waals surface area contributed by atoms with Crippen LogP contribution in [-0.4, -0.2) is 24.1 Å². The Hall–Kier alpha value is -7.41. The van der Waals surface area contributed by atoms with Crippen LogP contribution in [0.15, 0.2) is 188 Å². The Bertz CT molecular complexity index is 4320. The topological polar surface area (TPSA) is 48.5 Å². The molecule has 4 aromatic heterocycles. The van der Waals surface area contributed by atoms with Crippen molar-refractivity contribution >= 4 is 75.1 Å². The molecular formula is C51H31N5S. The first kappa shape index (κ1) is 21.0. The van der Waals surface area contributed by atoms with Gasteiger partial charge in [-0.3, -0.25) is 4.57 Å². The molecule has 0 amide bonds. The molecule has 0 N–H and O–H groups in total. The number of hydrogen-bond donors (Lipinski definition) is 0. The maximum Gasteiger partial charge on any atom is 0.238 e. The highest BCUT2D eigenvalue weighted by Crippen LogP contribution is 2.41. The van der Waals surface area contributed by atoms with Crippen molar-refractivity contribution in [2.45, 2.75) is 0 Å². The molecule has 0 saturated heterocycles. The molecule has 0 radical (unpaired) electrons. The van der Waals surface area contributed by atoms with Crippen molar-refractivity contribution in [3.8, 4) is 45.5 Å². The summed E-state index contributed by atoms with van der Waals surface area (Å²) in [5, 5.41) is 2.12. The lowest BCUT2D eigenvalue weighted by Crippen LogP contribution is -2.07. The Morgan fingerprint density at radius 1 is 0.421 bits per heavy atom. The molecule has 0 aliphatic rings. The van der Waals surface area contributed by atoms with E-state index in [4.69, 9.17) is 30.0 Å². The summed E-state index contributed by atoms with van der Waals surface area (Å²) < 4.78 is 128. The van der Waals surface area contributed by atoms with Gasteiger partial charge in [0.15, 0.2) is 11.6 Å². The van der Waals surface area contributed by atoms with Gasteiger partial charge in [0, 0.05) is 52.8 Å². The van der Waals surface area contributed by atoms with Gasteiger partial charge in [-0.25, -0.2) is 4.98 Å². The molecule has 8 aromatic carbocycles. The van der Waals surface area contributed by atoms with Gasteiger partial charge in [0.1, 0.15) is 0 Å². The summed E-state index contributed by atoms with van der Waals surface area (Å²) in [6.07, 6.45) is 0. The number of thiophene rings is 1. The summed E-state index contributed by atoms with van der Waals surface area (Å²) in [5.41, 5.74) is 3.41. The molecule has 266 valence electrons. The van der Waals surface area contributed by atoms with Gasteiger partial charge in [0.05, 0.1) is 46.9 Å². The molecule has 0 unspecified atom stereocenters. The predicted molar refractivity (Wildman–Crippen MR) is 238 cm³/mol. The zero-order chi connectivity index (χ0) is 49.6. The number of para-hydroxylation sites is 5. The van der Waals surface area contributed by atoms with Crippen LogP contribution in [-0.2, 0) is 0 Å². The minimum atomic E-state index is -0.525. The number of hydrogen-bond acceptors (Lipinski definition) is 4. The van der Waals surface area contributed by atoms with Crippen molar-refractivity contribution in [3.63, 3.8) is 0 Å². The SMILES string of the molecule is [2H]c1cc([2H])c2c(c1[2H])c1c([2H])c([2H])c([2H])c([2H])c1n2-c1ccccc1-c1nc(-c2cccc(-c3c([2H])c([2H])c([2H])c4c3sc3c([2H])c([2H])c([2H])c([2H])c34)c2)nc(-n2c3ccccc3c3ccccc32)n1. The largest absolute Gasteiger partial charge is 0.309 e. The van der Waals surface area contributed by atoms with E-state index in [1.54, 1.807) is 48.5 Å². The van der Waals surface area contributed by atoms with Crippen molar-refractivity contribution in [1.82, 2.24) is 24.1 Å². The van der Waals surface area contributed by atoms with Crippen molar-refractivity contribution < 1.29 is 19.2 Å². The fourth-order valence-electron chi connectivity index (χ4n) is 7.76. The Kier molecular flexibility index (Phi) is 4.64. The fraction of sp³-hybridized carbons (Fsp3) is 0. The average Bonchev–Trinajstić information content (AvgIpc) is 4.07. The molecule has 57 heavy (non-hydrogen) atoms. The molecule has 0 aliphatic carbocycles. The van der Waals surface area contributed by atoms with Crippen molar-refractivity contribution in [2.75, 3.05) is 0 Å². The van der Waals surface area contributed by atoms with E-state index in [0.29, 0.717) is 27.1 Å². The van der Waals surface area contributed by atoms with Crippen LogP contribution in [0.2, 0.25) is 0 Å². The van der Waals surface area contributed by atoms with Gasteiger partial charge >= 0.3 is 0 Å². The molecule has 4 heterocycles. The zero-order valence-corrected chi connectivity index (χ0v) is 30.3. The summed E-state index contributed by atoms with van der Waals surface area (Å²) in [6.45, 7) is 0. The van der Waals surface area contributed by atoms with Gasteiger partial charge in [0.25, 0.3) is 0 Å². The maximum atomic E-state index is 9.23. The second kappa shape index (κ2) is 12.6. The van der Waals surface area contributed by atoms with E-state index in [9.17, 15) is 4.11 Å². The molecule has 0 aliphatic heterocycles. The van der Waals surface area contributed by atoms with E-state index in [0.717, 1.165) is 33.1 Å². The van der Waals surface area contributed by atoms with Gasteiger partial charge in [-0.1, -0.05) is 139 Å². The molecule has 0 spiro atoms. The zero-order valence-electron chi connectivity index (χ0n) is 43.5. The molecule has 5 nitrogen and oxygen atoms in total. The van der Waals surface area contributed by atoms with Crippen LogP contribution >= 0.6 is 11.3 Å². The van der Waals surface area contributed by atoms with E-state index in [2.05, 4.69) is 0 Å². The van der Waals surface area contributed by atoms with Gasteiger partial charge in [-0.15, -0.1) is 11.3 Å². The van der Waals surface area contributed by atoms with E-state index in [1.807, 2.05) is 53.1 Å². The van der Waals surface area contributed by atoms with Crippen molar-refractivity contribution in [3.05, 3.63) is 188 Å². The first-order valence-corrected chi connectivity index (χ1v) is 18.8. The second-order valence-corrected chi connectivity index (χ2v) is 14.4. The van der Waals surface area contributed by atoms with Crippen molar-refractivity contribution in [2.24, 2.45) is 0 Å². The first-order chi connectivity index (χ1) is 34.1. The predicted octanol–water partition coefficient (Wildman–Crippen LogP) is 13.4. The summed E-state index contributed by atoms with van der Waals surface area (Å²) in [4.78, 5) is 15.4. The number of rotatable bonds is 5. The fourth-order valence-corrected chi connectivity index (χ4v) is 8.85. The minimum Gasteiger partial charge on any atom is -0.309 e. The third kappa shape index (κ3) is 4.91. The Labute approximate surface area is 351 Å². The molecule has 6 heteroatoms. The van der Waals surface area contributed by atoms with Crippen LogP contribution in [0.4, 0.5) is 0 Å². The quantitative estimate of drug-likeness (QED) is 0.176. The first-order valence-electron chi connectivity index (χ1n) is 25.0. The van der Waals surface area contributed by atoms with Crippen LogP contribution in [0, 0.1) is 0 Å². The normalized spacial score (nSPS) is 15.3. The molecule has 0 bridgehead atoms. The van der Waals surface area contributed by atoms with Crippen LogP contribution in [0.3, 0.4) is 0 Å². The van der Waals surface area contributed by atoms with Gasteiger partial charge in [-0.05, 0) is 59.6 Å². The van der Waals surface area contributed by atoms with Crippen LogP contribution in [0.5, 0.6) is 0 Å². The van der Waals surface area contributed by atoms with Gasteiger partial charge in [-0.2, -0.15) is 9.97 Å². The molecule has 12 rings (SSSR count). The molecule has 0 fully saturated rings. The average molecular weight is 760 g/mol. The standard InChI is InChI=1S/C51H31N5S/c1-7-25-42-35(17-1)36-18-2-8-26-43(36)55(42)46-29-11-5-22-41(46)50-52-49(53-51(54-50)56-44-27-9-3-19-37(44)38-20-4-10-28-45(38)56)33-16-13-15-32(31-33)34-23-14-24-40-39-21-6-12-30-47(39)57-48(34)40/h1-31H/i1D,2D,6D,7D,12D,14D,17D,18D,21D,23D,24D,25D,26D,30D. The van der Waals surface area contributed by atoms with E-state index in [1.165, 1.54) is 10.6 Å². The van der Waals surface area contributed by atoms with Gasteiger partial charge in [0.2, 0.25) is 5.95 Å². The summed E-state index contributed by atoms with van der Waals surface area (Å²) in [7, 11) is 0. The minimum absolute atomic E-state index is 0.00478. The van der Waals surface area contributed by atoms with E-state index < -0.39 is 42.3 Å². The molecule has 0 atom stereocenters. The van der Waals surface area contributed by atoms with Crippen LogP contribution in [0.1, 0.15) is 19.2 Å². The second-order valence-electron chi connectivity index (χ2n) is 13.4. The van der Waals surface area contributed by atoms with Crippen molar-refractivity contribution in [1.29, 1.82) is 0 Å². The number of aromatic nitrogens is 5. The number of fused-ring (bicyclic) bond motifs is 9. The summed E-state index contributed by atoms with van der Waals surface area (Å²) in [5.74, 6) is 0.466. The number of nitrogens with zero attached hydrogens (tertiary/aromatic N) is 5. The lowest BCUT2D eigenvalue weighted by molar-refractivity contribution is 0.952. The maximum absolute atomic E-state index is 9.23. The Balaban J connectivity index is 1.16. The number of benzene rings is 8. The van der Waals surface area contributed by atoms with E-state index in [-0.39, 0.29) is 103 Å². The van der Waals surface area contributed by atoms with Crippen LogP contribution in [0.25, 0.3) is 109 Å². The van der Waals surface area contributed by atoms with E-state index >= 15 is 0 Å². The van der Waals surface area contributed by atoms with Crippen LogP contribution < -0.4 is 0 Å². The Morgan fingerprint density at radius 2 is 1.09 bits per heavy atom. The Morgan fingerprint density at radius 3 is 1.95 bits per heavy atom. The third-order valence-corrected chi connectivity index (χ3v) is 11.3. The molecular weight excluding hydrogens is 715 g/mol. The lowest BCUT2D eigenvalue weighted by atomic mass is 10.0. The highest BCUT2D eigenvalue weighted by Gasteiger charge is 2.21. The third-order valence-electron chi connectivity index (χ3n) is 10.2.